The van der Waals surface area contributed by atoms with Crippen LogP contribution in [0.2, 0.25) is 0 Å². The summed E-state index contributed by atoms with van der Waals surface area (Å²) in [5.41, 5.74) is 0.705. The summed E-state index contributed by atoms with van der Waals surface area (Å²) in [6, 6.07) is 12.3. The number of methoxy groups -OCH3 is 1. The number of carbonyl (C=O) groups is 1. The zero-order chi connectivity index (χ0) is 23.4. The molecule has 170 valence electrons. The molecule has 0 aromatic heterocycles. The van der Waals surface area contributed by atoms with Gasteiger partial charge >= 0.3 is 6.18 Å². The van der Waals surface area contributed by atoms with E-state index in [1.807, 2.05) is 18.2 Å². The Balaban J connectivity index is 1.80. The number of carbonyl (C=O) groups excluding carboxylic acids is 1. The molecule has 1 amide bonds. The molecular weight excluding hydrogens is 419 g/mol. The van der Waals surface area contributed by atoms with Crippen LogP contribution >= 0.6 is 0 Å². The Morgan fingerprint density at radius 3 is 2.12 bits per heavy atom. The Labute approximate surface area is 185 Å². The van der Waals surface area contributed by atoms with E-state index in [-0.39, 0.29) is 12.0 Å². The van der Waals surface area contributed by atoms with Crippen LogP contribution in [0, 0.1) is 11.3 Å². The van der Waals surface area contributed by atoms with E-state index in [1.165, 1.54) is 12.1 Å². The van der Waals surface area contributed by atoms with Crippen LogP contribution < -0.4 is 15.4 Å². The van der Waals surface area contributed by atoms with E-state index in [2.05, 4.69) is 10.6 Å². The molecule has 1 fully saturated rings. The number of benzene rings is 2. The molecule has 32 heavy (non-hydrogen) atoms. The number of alkyl halides is 3. The van der Waals surface area contributed by atoms with E-state index in [4.69, 9.17) is 4.74 Å². The minimum Gasteiger partial charge on any atom is -0.497 e. The highest BCUT2D eigenvalue weighted by Gasteiger charge is 2.47. The van der Waals surface area contributed by atoms with Crippen molar-refractivity contribution in [2.45, 2.75) is 56.4 Å². The first-order valence-electron chi connectivity index (χ1n) is 10.5. The second-order valence-corrected chi connectivity index (χ2v) is 8.02. The molecule has 0 saturated heterocycles. The van der Waals surface area contributed by atoms with Crippen molar-refractivity contribution in [3.63, 3.8) is 0 Å². The average Bonchev–Trinajstić information content (AvgIpc) is 3.56. The lowest BCUT2D eigenvalue weighted by atomic mass is 9.99. The first kappa shape index (κ1) is 23.6. The van der Waals surface area contributed by atoms with Crippen molar-refractivity contribution in [3.05, 3.63) is 54.1 Å². The first-order chi connectivity index (χ1) is 15.2. The quantitative estimate of drug-likeness (QED) is 0.576. The third-order valence-electron chi connectivity index (χ3n) is 5.58. The molecule has 3 rings (SSSR count). The Bertz CT molecular complexity index is 962. The maximum absolute atomic E-state index is 13.9. The van der Waals surface area contributed by atoms with Gasteiger partial charge < -0.3 is 10.1 Å². The van der Waals surface area contributed by atoms with E-state index in [9.17, 15) is 23.2 Å². The highest BCUT2D eigenvalue weighted by Crippen LogP contribution is 2.36. The van der Waals surface area contributed by atoms with Crippen LogP contribution in [0.15, 0.2) is 48.5 Å². The Hall–Kier alpha value is -3.05. The maximum Gasteiger partial charge on any atom is 0.407 e. The second kappa shape index (κ2) is 9.61. The van der Waals surface area contributed by atoms with Gasteiger partial charge in [-0.3, -0.25) is 10.1 Å². The molecule has 2 aromatic carbocycles. The number of rotatable bonds is 9. The van der Waals surface area contributed by atoms with E-state index < -0.39 is 29.7 Å². The smallest absolute Gasteiger partial charge is 0.407 e. The molecule has 2 aromatic rings. The first-order valence-corrected chi connectivity index (χ1v) is 10.5. The molecular formula is C24H26F3N3O2. The topological polar surface area (TPSA) is 74.2 Å². The summed E-state index contributed by atoms with van der Waals surface area (Å²) in [4.78, 5) is 12.6. The second-order valence-electron chi connectivity index (χ2n) is 8.02. The number of hydrogen-bond donors (Lipinski definition) is 2. The molecule has 0 radical (unpaired) electrons. The minimum absolute atomic E-state index is 0.0186. The zero-order valence-electron chi connectivity index (χ0n) is 18.0. The normalized spacial score (nSPS) is 16.5. The Kier molecular flexibility index (Phi) is 7.09. The van der Waals surface area contributed by atoms with Crippen LogP contribution in [0.5, 0.6) is 5.75 Å². The molecule has 2 N–H and O–H groups in total. The third-order valence-corrected chi connectivity index (χ3v) is 5.58. The summed E-state index contributed by atoms with van der Waals surface area (Å²) in [6.45, 7) is 1.80. The van der Waals surface area contributed by atoms with Gasteiger partial charge in [-0.15, -0.1) is 0 Å². The van der Waals surface area contributed by atoms with Gasteiger partial charge in [0.05, 0.1) is 19.2 Å². The number of nitrogens with one attached hydrogen (secondary N) is 2. The molecule has 0 bridgehead atoms. The van der Waals surface area contributed by atoms with Gasteiger partial charge in [0.15, 0.2) is 0 Å². The SMILES string of the molecule is CCC[C@H](NC(c1ccc(-c2ccc(OC)cc2)cc1)C(F)(F)F)C(=O)NC1(C#N)CC1. The number of nitrogens with zero attached hydrogens (tertiary/aromatic N) is 1. The van der Waals surface area contributed by atoms with Gasteiger partial charge in [-0.25, -0.2) is 0 Å². The highest BCUT2D eigenvalue weighted by atomic mass is 19.4. The van der Waals surface area contributed by atoms with Gasteiger partial charge in [-0.05, 0) is 48.1 Å². The molecule has 1 aliphatic rings. The standard InChI is InChI=1S/C24H26F3N3O2/c1-3-4-20(22(31)30-23(15-28)13-14-23)29-21(24(25,26)27)18-7-5-16(6-8-18)17-9-11-19(32-2)12-10-17/h5-12,20-21,29H,3-4,13-14H2,1-2H3,(H,30,31)/t20-,21?/m0/s1. The minimum atomic E-state index is -4.60. The average molecular weight is 445 g/mol. The predicted octanol–water partition coefficient (Wildman–Crippen LogP) is 4.90. The summed E-state index contributed by atoms with van der Waals surface area (Å²) in [6.07, 6.45) is -2.82. The zero-order valence-corrected chi connectivity index (χ0v) is 18.0. The van der Waals surface area contributed by atoms with Gasteiger partial charge in [-0.2, -0.15) is 18.4 Å². The van der Waals surface area contributed by atoms with Gasteiger partial charge in [0, 0.05) is 0 Å². The van der Waals surface area contributed by atoms with Crippen LogP contribution in [-0.2, 0) is 4.79 Å². The lowest BCUT2D eigenvalue weighted by Crippen LogP contribution is -2.51. The molecule has 8 heteroatoms. The van der Waals surface area contributed by atoms with Gasteiger partial charge in [0.25, 0.3) is 0 Å². The van der Waals surface area contributed by atoms with Gasteiger partial charge in [-0.1, -0.05) is 49.7 Å². The fourth-order valence-electron chi connectivity index (χ4n) is 3.52. The molecule has 0 spiro atoms. The summed E-state index contributed by atoms with van der Waals surface area (Å²) in [5.74, 6) is 0.117. The van der Waals surface area contributed by atoms with Crippen LogP contribution in [0.3, 0.4) is 0 Å². The number of amides is 1. The number of ether oxygens (including phenoxy) is 1. The molecule has 0 aliphatic heterocycles. The summed E-state index contributed by atoms with van der Waals surface area (Å²) >= 11 is 0. The van der Waals surface area contributed by atoms with E-state index in [0.29, 0.717) is 25.0 Å². The summed E-state index contributed by atoms with van der Waals surface area (Å²) < 4.78 is 46.9. The van der Waals surface area contributed by atoms with Crippen LogP contribution in [-0.4, -0.2) is 30.8 Å². The van der Waals surface area contributed by atoms with Crippen molar-refractivity contribution >= 4 is 5.91 Å². The predicted molar refractivity (Wildman–Crippen MR) is 115 cm³/mol. The fourth-order valence-corrected chi connectivity index (χ4v) is 3.52. The number of nitriles is 1. The van der Waals surface area contributed by atoms with Crippen LogP contribution in [0.25, 0.3) is 11.1 Å². The monoisotopic (exact) mass is 445 g/mol. The third kappa shape index (κ3) is 5.60. The summed E-state index contributed by atoms with van der Waals surface area (Å²) in [7, 11) is 1.56. The number of hydrogen-bond acceptors (Lipinski definition) is 4. The van der Waals surface area contributed by atoms with E-state index in [1.54, 1.807) is 38.3 Å². The molecule has 2 atom stereocenters. The molecule has 5 nitrogen and oxygen atoms in total. The fraction of sp³-hybridized carbons (Fsp3) is 0.417. The maximum atomic E-state index is 13.9. The lowest BCUT2D eigenvalue weighted by molar-refractivity contribution is -0.161. The van der Waals surface area contributed by atoms with E-state index in [0.717, 1.165) is 11.1 Å². The highest BCUT2D eigenvalue weighted by molar-refractivity contribution is 5.83. The molecule has 1 saturated carbocycles. The lowest BCUT2D eigenvalue weighted by Gasteiger charge is -2.28. The molecule has 0 heterocycles. The molecule has 1 aliphatic carbocycles. The van der Waals surface area contributed by atoms with Crippen molar-refractivity contribution in [1.29, 1.82) is 5.26 Å². The van der Waals surface area contributed by atoms with E-state index >= 15 is 0 Å². The van der Waals surface area contributed by atoms with Crippen molar-refractivity contribution in [1.82, 2.24) is 10.6 Å². The molecule has 1 unspecified atom stereocenters. The van der Waals surface area contributed by atoms with Crippen molar-refractivity contribution < 1.29 is 22.7 Å². The van der Waals surface area contributed by atoms with Gasteiger partial charge in [0.1, 0.15) is 17.3 Å². The van der Waals surface area contributed by atoms with Crippen LogP contribution in [0.4, 0.5) is 13.2 Å². The number of halogens is 3. The Morgan fingerprint density at radius 2 is 1.69 bits per heavy atom. The summed E-state index contributed by atoms with van der Waals surface area (Å²) in [5, 5.41) is 14.3. The van der Waals surface area contributed by atoms with Crippen molar-refractivity contribution in [3.8, 4) is 22.9 Å². The Morgan fingerprint density at radius 1 is 1.12 bits per heavy atom. The van der Waals surface area contributed by atoms with Crippen molar-refractivity contribution in [2.75, 3.05) is 7.11 Å². The van der Waals surface area contributed by atoms with Gasteiger partial charge in [0.2, 0.25) is 5.91 Å². The van der Waals surface area contributed by atoms with Crippen LogP contribution in [0.1, 0.15) is 44.2 Å². The van der Waals surface area contributed by atoms with Crippen molar-refractivity contribution in [2.24, 2.45) is 0 Å². The largest absolute Gasteiger partial charge is 0.497 e.